The largest absolute Gasteiger partial charge is 0.412 e. The number of aromatic amines is 1. The van der Waals surface area contributed by atoms with E-state index in [2.05, 4.69) is 15.1 Å². The average Bonchev–Trinajstić information content (AvgIpc) is 3.17. The minimum Gasteiger partial charge on any atom is -0.412 e. The number of hydrogen-bond acceptors (Lipinski definition) is 3. The Balaban J connectivity index is 0.00000160. The smallest absolute Gasteiger partial charge is 0.123 e. The van der Waals surface area contributed by atoms with Gasteiger partial charge >= 0.3 is 0 Å². The van der Waals surface area contributed by atoms with Gasteiger partial charge in [-0.2, -0.15) is 5.10 Å². The molecule has 3 aromatic rings. The lowest BCUT2D eigenvalue weighted by Crippen LogP contribution is -2.43. The Bertz CT molecular complexity index is 928. The molecule has 0 amide bonds. The standard InChI is InChI=1S/C22H23ClFN3O.2ClH.H2O/c23-19-5-3-18(4-6-19)22(28)10-13-27(14-11-22)12-9-17-15-25-26-21(17)16-1-7-20(24)8-2-16;;;/h1-8,15,28H,9-14H2,(H,25,26);2*1H;1H2. The molecule has 31 heavy (non-hydrogen) atoms. The Labute approximate surface area is 198 Å². The summed E-state index contributed by atoms with van der Waals surface area (Å²) in [4.78, 5) is 2.37. The SMILES string of the molecule is Cl.Cl.O.OC1(c2ccc(Cl)cc2)CCN(CCc2cn[nH]c2-c2ccc(F)cc2)CC1. The molecule has 1 saturated heterocycles. The molecule has 0 bridgehead atoms. The Morgan fingerprint density at radius 3 is 2.26 bits per heavy atom. The third-order valence-electron chi connectivity index (χ3n) is 5.61. The third-order valence-corrected chi connectivity index (χ3v) is 5.86. The lowest BCUT2D eigenvalue weighted by atomic mass is 9.84. The van der Waals surface area contributed by atoms with E-state index in [0.29, 0.717) is 17.9 Å². The normalized spacial score (nSPS) is 15.3. The van der Waals surface area contributed by atoms with Gasteiger partial charge in [0.25, 0.3) is 0 Å². The molecule has 5 nitrogen and oxygen atoms in total. The van der Waals surface area contributed by atoms with Gasteiger partial charge in [0.2, 0.25) is 0 Å². The van der Waals surface area contributed by atoms with Crippen LogP contribution in [-0.4, -0.2) is 45.3 Å². The van der Waals surface area contributed by atoms with Gasteiger partial charge in [-0.15, -0.1) is 24.8 Å². The monoisotopic (exact) mass is 489 g/mol. The van der Waals surface area contributed by atoms with Crippen molar-refractivity contribution in [3.8, 4) is 11.3 Å². The van der Waals surface area contributed by atoms with Crippen LogP contribution < -0.4 is 0 Å². The van der Waals surface area contributed by atoms with Crippen LogP contribution in [0.5, 0.6) is 0 Å². The summed E-state index contributed by atoms with van der Waals surface area (Å²) in [5.41, 5.74) is 3.14. The van der Waals surface area contributed by atoms with E-state index in [4.69, 9.17) is 11.6 Å². The van der Waals surface area contributed by atoms with E-state index in [0.717, 1.165) is 48.4 Å². The molecule has 1 fully saturated rings. The van der Waals surface area contributed by atoms with Gasteiger partial charge in [0.05, 0.1) is 17.5 Å². The zero-order valence-electron chi connectivity index (χ0n) is 16.9. The Hall–Kier alpha value is -1.67. The summed E-state index contributed by atoms with van der Waals surface area (Å²) in [5.74, 6) is -0.244. The average molecular weight is 491 g/mol. The number of aliphatic hydroxyl groups is 1. The van der Waals surface area contributed by atoms with Crippen LogP contribution in [0.1, 0.15) is 24.0 Å². The van der Waals surface area contributed by atoms with E-state index in [1.54, 1.807) is 12.1 Å². The van der Waals surface area contributed by atoms with Crippen molar-refractivity contribution < 1.29 is 15.0 Å². The molecular weight excluding hydrogens is 464 g/mol. The number of halogens is 4. The third kappa shape index (κ3) is 6.42. The minimum absolute atomic E-state index is 0. The van der Waals surface area contributed by atoms with Gasteiger partial charge in [0.1, 0.15) is 5.82 Å². The van der Waals surface area contributed by atoms with Crippen molar-refractivity contribution in [2.45, 2.75) is 24.9 Å². The van der Waals surface area contributed by atoms with Crippen molar-refractivity contribution in [1.82, 2.24) is 15.1 Å². The predicted octanol–water partition coefficient (Wildman–Crippen LogP) is 4.41. The highest BCUT2D eigenvalue weighted by Gasteiger charge is 2.33. The number of piperidine rings is 1. The number of aromatic nitrogens is 2. The number of rotatable bonds is 5. The van der Waals surface area contributed by atoms with Gasteiger partial charge in [-0.05, 0) is 66.8 Å². The molecule has 0 spiro atoms. The fourth-order valence-corrected chi connectivity index (χ4v) is 3.97. The Kier molecular flexibility index (Phi) is 10.4. The van der Waals surface area contributed by atoms with E-state index < -0.39 is 5.60 Å². The second kappa shape index (κ2) is 11.8. The zero-order chi connectivity index (χ0) is 19.6. The van der Waals surface area contributed by atoms with E-state index in [1.165, 1.54) is 12.1 Å². The quantitative estimate of drug-likeness (QED) is 0.555. The molecule has 4 N–H and O–H groups in total. The molecule has 170 valence electrons. The van der Waals surface area contributed by atoms with Crippen LogP contribution in [0.25, 0.3) is 11.3 Å². The first-order valence-corrected chi connectivity index (χ1v) is 9.90. The second-order valence-electron chi connectivity index (χ2n) is 7.41. The molecule has 9 heteroatoms. The summed E-state index contributed by atoms with van der Waals surface area (Å²) in [5, 5.41) is 18.9. The maximum atomic E-state index is 13.2. The molecule has 1 aromatic heterocycles. The molecule has 1 aliphatic rings. The molecule has 2 heterocycles. The molecular formula is C22H27Cl3FN3O2. The van der Waals surface area contributed by atoms with Crippen molar-refractivity contribution >= 4 is 36.4 Å². The van der Waals surface area contributed by atoms with Gasteiger partial charge in [-0.25, -0.2) is 4.39 Å². The lowest BCUT2D eigenvalue weighted by Gasteiger charge is -2.38. The van der Waals surface area contributed by atoms with Crippen molar-refractivity contribution in [2.75, 3.05) is 19.6 Å². The number of benzene rings is 2. The molecule has 4 rings (SSSR count). The van der Waals surface area contributed by atoms with Crippen molar-refractivity contribution in [3.63, 3.8) is 0 Å². The van der Waals surface area contributed by atoms with Crippen LogP contribution in [0.4, 0.5) is 4.39 Å². The first kappa shape index (κ1) is 27.4. The Morgan fingerprint density at radius 1 is 1.03 bits per heavy atom. The van der Waals surface area contributed by atoms with Crippen LogP contribution in [0.3, 0.4) is 0 Å². The summed E-state index contributed by atoms with van der Waals surface area (Å²) in [6.07, 6.45) is 4.09. The van der Waals surface area contributed by atoms with Crippen LogP contribution >= 0.6 is 36.4 Å². The van der Waals surface area contributed by atoms with Gasteiger partial charge in [-0.3, -0.25) is 5.10 Å². The van der Waals surface area contributed by atoms with Crippen LogP contribution in [-0.2, 0) is 12.0 Å². The van der Waals surface area contributed by atoms with E-state index in [-0.39, 0.29) is 36.1 Å². The summed E-state index contributed by atoms with van der Waals surface area (Å²) in [6, 6.07) is 13.9. The minimum atomic E-state index is -0.782. The molecule has 2 aromatic carbocycles. The number of hydrogen-bond donors (Lipinski definition) is 2. The summed E-state index contributed by atoms with van der Waals surface area (Å²) in [6.45, 7) is 2.57. The highest BCUT2D eigenvalue weighted by molar-refractivity contribution is 6.30. The fraction of sp³-hybridized carbons (Fsp3) is 0.318. The molecule has 0 saturated carbocycles. The summed E-state index contributed by atoms with van der Waals surface area (Å²) >= 11 is 5.96. The van der Waals surface area contributed by atoms with Crippen LogP contribution in [0.2, 0.25) is 5.02 Å². The van der Waals surface area contributed by atoms with Gasteiger partial charge in [-0.1, -0.05) is 23.7 Å². The first-order valence-electron chi connectivity index (χ1n) is 9.52. The molecule has 1 aliphatic heterocycles. The highest BCUT2D eigenvalue weighted by atomic mass is 35.5. The van der Waals surface area contributed by atoms with E-state index >= 15 is 0 Å². The summed E-state index contributed by atoms with van der Waals surface area (Å²) in [7, 11) is 0. The maximum absolute atomic E-state index is 13.2. The second-order valence-corrected chi connectivity index (χ2v) is 7.84. The number of nitrogens with one attached hydrogen (secondary N) is 1. The van der Waals surface area contributed by atoms with E-state index in [1.807, 2.05) is 30.5 Å². The zero-order valence-corrected chi connectivity index (χ0v) is 19.2. The molecule has 0 unspecified atom stereocenters. The highest BCUT2D eigenvalue weighted by Crippen LogP contribution is 2.33. The molecule has 0 radical (unpaired) electrons. The van der Waals surface area contributed by atoms with Gasteiger partial charge < -0.3 is 15.5 Å². The van der Waals surface area contributed by atoms with Crippen molar-refractivity contribution in [3.05, 3.63) is 76.7 Å². The lowest BCUT2D eigenvalue weighted by molar-refractivity contribution is -0.0255. The molecule has 0 atom stereocenters. The molecule has 0 aliphatic carbocycles. The number of H-pyrrole nitrogens is 1. The van der Waals surface area contributed by atoms with E-state index in [9.17, 15) is 9.50 Å². The first-order chi connectivity index (χ1) is 13.5. The van der Waals surface area contributed by atoms with Gasteiger partial charge in [0.15, 0.2) is 0 Å². The number of likely N-dealkylation sites (tertiary alicyclic amines) is 1. The number of nitrogens with zero attached hydrogens (tertiary/aromatic N) is 2. The fourth-order valence-electron chi connectivity index (χ4n) is 3.84. The maximum Gasteiger partial charge on any atom is 0.123 e. The van der Waals surface area contributed by atoms with Gasteiger partial charge in [0, 0.05) is 30.2 Å². The summed E-state index contributed by atoms with van der Waals surface area (Å²) < 4.78 is 13.2. The van der Waals surface area contributed by atoms with Crippen molar-refractivity contribution in [2.24, 2.45) is 0 Å². The van der Waals surface area contributed by atoms with Crippen molar-refractivity contribution in [1.29, 1.82) is 0 Å². The Morgan fingerprint density at radius 2 is 1.65 bits per heavy atom. The predicted molar refractivity (Wildman–Crippen MR) is 127 cm³/mol. The van der Waals surface area contributed by atoms with Crippen LogP contribution in [0.15, 0.2) is 54.7 Å². The topological polar surface area (TPSA) is 83.7 Å². The van der Waals surface area contributed by atoms with Crippen LogP contribution in [0, 0.1) is 5.82 Å².